The molecule has 3 heterocycles. The molecule has 1 amide bonds. The summed E-state index contributed by atoms with van der Waals surface area (Å²) in [5.41, 5.74) is 1.74. The molecule has 6 heteroatoms. The van der Waals surface area contributed by atoms with Crippen LogP contribution in [0.5, 0.6) is 0 Å². The molecule has 0 aromatic carbocycles. The zero-order valence-electron chi connectivity index (χ0n) is 14.2. The van der Waals surface area contributed by atoms with Crippen molar-refractivity contribution in [2.45, 2.75) is 53.0 Å². The molecule has 1 aromatic rings. The maximum absolute atomic E-state index is 12.2. The van der Waals surface area contributed by atoms with E-state index in [1.54, 1.807) is 0 Å². The van der Waals surface area contributed by atoms with Crippen LogP contribution in [0.15, 0.2) is 0 Å². The van der Waals surface area contributed by atoms with Gasteiger partial charge in [-0.05, 0) is 6.42 Å². The molecule has 1 saturated heterocycles. The summed E-state index contributed by atoms with van der Waals surface area (Å²) < 4.78 is 0. The number of nitrogens with one attached hydrogen (secondary N) is 2. The van der Waals surface area contributed by atoms with Crippen molar-refractivity contribution in [1.29, 1.82) is 0 Å². The number of carbonyl (C=O) groups is 1. The average Bonchev–Trinajstić information content (AvgIpc) is 2.56. The highest BCUT2D eigenvalue weighted by Gasteiger charge is 2.37. The third-order valence-corrected chi connectivity index (χ3v) is 3.90. The summed E-state index contributed by atoms with van der Waals surface area (Å²) in [7, 11) is 0. The number of anilines is 2. The van der Waals surface area contributed by atoms with E-state index in [2.05, 4.69) is 41.3 Å². The van der Waals surface area contributed by atoms with Crippen LogP contribution in [0.4, 0.5) is 11.5 Å². The van der Waals surface area contributed by atoms with Crippen molar-refractivity contribution in [3.8, 4) is 0 Å². The maximum Gasteiger partial charge on any atom is 0.248 e. The first-order chi connectivity index (χ1) is 10.6. The first kappa shape index (κ1) is 16.7. The molecule has 2 aliphatic heterocycles. The number of nitrogens with zero attached hydrogens (tertiary/aromatic N) is 3. The number of hydrogen-bond acceptors (Lipinski definition) is 5. The first-order valence-electron chi connectivity index (χ1n) is 8.30. The Morgan fingerprint density at radius 1 is 1.32 bits per heavy atom. The fourth-order valence-electron chi connectivity index (χ4n) is 2.76. The third-order valence-electron chi connectivity index (χ3n) is 3.90. The quantitative estimate of drug-likeness (QED) is 0.873. The fourth-order valence-corrected chi connectivity index (χ4v) is 2.76. The van der Waals surface area contributed by atoms with Crippen molar-refractivity contribution in [3.05, 3.63) is 11.5 Å². The second kappa shape index (κ2) is 7.05. The minimum absolute atomic E-state index is 0.0419. The van der Waals surface area contributed by atoms with E-state index < -0.39 is 0 Å². The lowest BCUT2D eigenvalue weighted by molar-refractivity contribution is -0.117. The van der Waals surface area contributed by atoms with Gasteiger partial charge in [-0.1, -0.05) is 34.6 Å². The highest BCUT2D eigenvalue weighted by Crippen LogP contribution is 2.34. The second-order valence-electron chi connectivity index (χ2n) is 5.64. The monoisotopic (exact) mass is 305 g/mol. The van der Waals surface area contributed by atoms with E-state index in [4.69, 9.17) is 4.98 Å². The van der Waals surface area contributed by atoms with E-state index >= 15 is 0 Å². The van der Waals surface area contributed by atoms with Crippen molar-refractivity contribution in [1.82, 2.24) is 15.3 Å². The Labute approximate surface area is 132 Å². The molecule has 0 spiro atoms. The highest BCUT2D eigenvalue weighted by atomic mass is 16.2. The summed E-state index contributed by atoms with van der Waals surface area (Å²) in [4.78, 5) is 23.7. The van der Waals surface area contributed by atoms with Crippen molar-refractivity contribution < 1.29 is 4.79 Å². The topological polar surface area (TPSA) is 70.1 Å². The van der Waals surface area contributed by atoms with Crippen LogP contribution in [0.1, 0.15) is 52.1 Å². The van der Waals surface area contributed by atoms with Crippen LogP contribution in [0.2, 0.25) is 0 Å². The highest BCUT2D eigenvalue weighted by molar-refractivity contribution is 6.03. The largest absolute Gasteiger partial charge is 0.340 e. The smallest absolute Gasteiger partial charge is 0.248 e. The van der Waals surface area contributed by atoms with Crippen LogP contribution in [0.3, 0.4) is 0 Å². The van der Waals surface area contributed by atoms with Crippen LogP contribution in [0, 0.1) is 0 Å². The first-order valence-corrected chi connectivity index (χ1v) is 8.30. The summed E-state index contributed by atoms with van der Waals surface area (Å²) in [5.74, 6) is 2.07. The van der Waals surface area contributed by atoms with Gasteiger partial charge >= 0.3 is 0 Å². The molecule has 1 fully saturated rings. The number of rotatable bonds is 2. The van der Waals surface area contributed by atoms with Gasteiger partial charge in [-0.25, -0.2) is 9.97 Å². The number of amides is 1. The van der Waals surface area contributed by atoms with Gasteiger partial charge in [-0.2, -0.15) is 0 Å². The Morgan fingerprint density at radius 3 is 2.68 bits per heavy atom. The van der Waals surface area contributed by atoms with Gasteiger partial charge in [0.05, 0.1) is 5.69 Å². The van der Waals surface area contributed by atoms with Gasteiger partial charge in [0, 0.05) is 25.6 Å². The lowest BCUT2D eigenvalue weighted by Gasteiger charge is -2.40. The van der Waals surface area contributed by atoms with Gasteiger partial charge in [-0.3, -0.25) is 4.79 Å². The van der Waals surface area contributed by atoms with Crippen molar-refractivity contribution in [2.75, 3.05) is 29.9 Å². The molecule has 0 radical (unpaired) electrons. The zero-order chi connectivity index (χ0) is 16.3. The molecule has 122 valence electrons. The maximum atomic E-state index is 12.2. The summed E-state index contributed by atoms with van der Waals surface area (Å²) in [6.07, 6.45) is 0.793. The molecular formula is C16H27N5O. The number of carbonyl (C=O) groups excluding carboxylic acids is 1. The van der Waals surface area contributed by atoms with Crippen LogP contribution < -0.4 is 15.5 Å². The second-order valence-corrected chi connectivity index (χ2v) is 5.64. The molecule has 0 bridgehead atoms. The molecule has 1 unspecified atom stereocenters. The van der Waals surface area contributed by atoms with E-state index in [1.165, 1.54) is 0 Å². The molecule has 6 nitrogen and oxygen atoms in total. The Kier molecular flexibility index (Phi) is 5.34. The molecule has 0 aliphatic carbocycles. The summed E-state index contributed by atoms with van der Waals surface area (Å²) in [5, 5.41) is 6.26. The predicted molar refractivity (Wildman–Crippen MR) is 89.5 cm³/mol. The molecule has 0 saturated carbocycles. The lowest BCUT2D eigenvalue weighted by atomic mass is 10.1. The van der Waals surface area contributed by atoms with Crippen molar-refractivity contribution in [3.63, 3.8) is 0 Å². The molecule has 1 aromatic heterocycles. The van der Waals surface area contributed by atoms with Crippen LogP contribution >= 0.6 is 0 Å². The zero-order valence-corrected chi connectivity index (χ0v) is 14.2. The van der Waals surface area contributed by atoms with E-state index in [9.17, 15) is 4.79 Å². The van der Waals surface area contributed by atoms with Gasteiger partial charge < -0.3 is 15.5 Å². The molecule has 3 rings (SSSR count). The van der Waals surface area contributed by atoms with Crippen LogP contribution in [-0.2, 0) is 11.2 Å². The number of aromatic nitrogens is 2. The minimum atomic E-state index is -0.157. The van der Waals surface area contributed by atoms with Crippen molar-refractivity contribution in [2.24, 2.45) is 0 Å². The fraction of sp³-hybridized carbons (Fsp3) is 0.688. The number of hydrogen-bond donors (Lipinski definition) is 2. The number of piperazine rings is 1. The normalized spacial score (nSPS) is 19.8. The predicted octanol–water partition coefficient (Wildman–Crippen LogP) is 1.92. The van der Waals surface area contributed by atoms with Gasteiger partial charge in [0.2, 0.25) is 5.91 Å². The van der Waals surface area contributed by atoms with Gasteiger partial charge in [0.25, 0.3) is 0 Å². The molecule has 1 atom stereocenters. The molecule has 22 heavy (non-hydrogen) atoms. The molecule has 2 aliphatic rings. The molecular weight excluding hydrogens is 278 g/mol. The Morgan fingerprint density at radius 2 is 2.05 bits per heavy atom. The van der Waals surface area contributed by atoms with Gasteiger partial charge in [-0.15, -0.1) is 0 Å². The van der Waals surface area contributed by atoms with Crippen molar-refractivity contribution >= 4 is 17.4 Å². The number of fused-ring (bicyclic) bond motifs is 3. The number of aryl methyl sites for hydroxylation is 1. The van der Waals surface area contributed by atoms with E-state index in [0.29, 0.717) is 6.54 Å². The summed E-state index contributed by atoms with van der Waals surface area (Å²) in [6.45, 7) is 12.6. The Balaban J connectivity index is 0.000000847. The Hall–Kier alpha value is -1.69. The van der Waals surface area contributed by atoms with Gasteiger partial charge in [0.1, 0.15) is 17.6 Å². The molecule has 2 N–H and O–H groups in total. The summed E-state index contributed by atoms with van der Waals surface area (Å²) in [6, 6.07) is -0.157. The third kappa shape index (κ3) is 2.92. The van der Waals surface area contributed by atoms with E-state index in [1.807, 2.05) is 13.8 Å². The SMILES string of the molecule is CC.CCc1nc(C(C)C)nc2c1NC(=O)C1CNCCN21. The summed E-state index contributed by atoms with van der Waals surface area (Å²) >= 11 is 0. The standard InChI is InChI=1S/C14H21N5O.C2H6/c1-4-9-11-13(18-12(16-9)8(2)3)19-6-5-15-7-10(19)14(20)17-11;1-2/h8,10,15H,4-7H2,1-3H3,(H,17,20);1-2H3. The lowest BCUT2D eigenvalue weighted by Crippen LogP contribution is -2.59. The van der Waals surface area contributed by atoms with E-state index in [-0.39, 0.29) is 17.9 Å². The van der Waals surface area contributed by atoms with Gasteiger partial charge in [0.15, 0.2) is 5.82 Å². The van der Waals surface area contributed by atoms with Crippen LogP contribution in [0.25, 0.3) is 0 Å². The average molecular weight is 305 g/mol. The Bertz CT molecular complexity index is 544. The minimum Gasteiger partial charge on any atom is -0.340 e. The van der Waals surface area contributed by atoms with E-state index in [0.717, 1.165) is 42.5 Å². The van der Waals surface area contributed by atoms with Crippen LogP contribution in [-0.4, -0.2) is 41.6 Å².